The largest absolute Gasteiger partial charge is 0.481 e. The Morgan fingerprint density at radius 2 is 1.96 bits per heavy atom. The van der Waals surface area contributed by atoms with Gasteiger partial charge >= 0.3 is 0 Å². The number of rotatable bonds is 6. The quantitative estimate of drug-likeness (QED) is 0.751. The van der Waals surface area contributed by atoms with Crippen LogP contribution in [-0.2, 0) is 11.3 Å². The summed E-state index contributed by atoms with van der Waals surface area (Å²) in [5, 5.41) is 5.08. The minimum atomic E-state index is -0.522. The lowest BCUT2D eigenvalue weighted by Gasteiger charge is -2.17. The van der Waals surface area contributed by atoms with Gasteiger partial charge in [-0.3, -0.25) is 4.79 Å². The maximum absolute atomic E-state index is 12.3. The van der Waals surface area contributed by atoms with Crippen molar-refractivity contribution in [3.8, 4) is 5.75 Å². The minimum absolute atomic E-state index is 0.142. The summed E-state index contributed by atoms with van der Waals surface area (Å²) in [6, 6.07) is 17.5. The molecule has 1 atom stereocenters. The Bertz CT molecular complexity index is 780. The fourth-order valence-electron chi connectivity index (χ4n) is 2.43. The van der Waals surface area contributed by atoms with Crippen molar-refractivity contribution in [1.29, 1.82) is 0 Å². The lowest BCUT2D eigenvalue weighted by molar-refractivity contribution is -0.128. The third-order valence-electron chi connectivity index (χ3n) is 3.68. The second-order valence-electron chi connectivity index (χ2n) is 5.32. The number of fused-ring (bicyclic) bond motifs is 1. The molecular weight excluding hydrogens is 290 g/mol. The molecule has 118 valence electrons. The van der Waals surface area contributed by atoms with Crippen molar-refractivity contribution in [2.75, 3.05) is 0 Å². The molecule has 0 unspecified atom stereocenters. The van der Waals surface area contributed by atoms with Crippen LogP contribution in [0.1, 0.15) is 19.1 Å². The number of benzene rings is 2. The number of amides is 1. The first-order chi connectivity index (χ1) is 11.3. The molecule has 1 amide bonds. The summed E-state index contributed by atoms with van der Waals surface area (Å²) in [5.74, 6) is 1.28. The molecule has 0 bridgehead atoms. The van der Waals surface area contributed by atoms with Gasteiger partial charge < -0.3 is 14.5 Å². The fraction of sp³-hybridized carbons (Fsp3) is 0.211. The van der Waals surface area contributed by atoms with Crippen LogP contribution < -0.4 is 10.1 Å². The summed E-state index contributed by atoms with van der Waals surface area (Å²) in [6.07, 6.45) is 1.66. The maximum atomic E-state index is 12.3. The van der Waals surface area contributed by atoms with Crippen molar-refractivity contribution in [3.63, 3.8) is 0 Å². The molecule has 0 aliphatic heterocycles. The van der Waals surface area contributed by atoms with Gasteiger partial charge in [0, 0.05) is 0 Å². The highest BCUT2D eigenvalue weighted by molar-refractivity contribution is 5.84. The van der Waals surface area contributed by atoms with Crippen molar-refractivity contribution in [1.82, 2.24) is 5.32 Å². The summed E-state index contributed by atoms with van der Waals surface area (Å²) in [5.41, 5.74) is 0. The monoisotopic (exact) mass is 309 g/mol. The third kappa shape index (κ3) is 3.72. The van der Waals surface area contributed by atoms with E-state index in [-0.39, 0.29) is 5.91 Å². The number of nitrogens with one attached hydrogen (secondary N) is 1. The van der Waals surface area contributed by atoms with Gasteiger partial charge in [-0.2, -0.15) is 0 Å². The van der Waals surface area contributed by atoms with Crippen LogP contribution in [0, 0.1) is 0 Å². The lowest BCUT2D eigenvalue weighted by atomic mass is 10.1. The van der Waals surface area contributed by atoms with E-state index in [9.17, 15) is 4.79 Å². The van der Waals surface area contributed by atoms with Gasteiger partial charge in [0.25, 0.3) is 5.91 Å². The van der Waals surface area contributed by atoms with Gasteiger partial charge in [-0.1, -0.05) is 37.3 Å². The molecule has 0 saturated carbocycles. The van der Waals surface area contributed by atoms with E-state index in [0.717, 1.165) is 16.5 Å². The number of hydrogen-bond donors (Lipinski definition) is 1. The first-order valence-electron chi connectivity index (χ1n) is 7.72. The van der Waals surface area contributed by atoms with Crippen LogP contribution in [0.2, 0.25) is 0 Å². The number of carbonyl (C=O) groups is 1. The molecule has 1 N–H and O–H groups in total. The zero-order chi connectivity index (χ0) is 16.1. The molecule has 0 aliphatic rings. The Hall–Kier alpha value is -2.75. The second-order valence-corrected chi connectivity index (χ2v) is 5.32. The molecule has 4 nitrogen and oxygen atoms in total. The standard InChI is InChI=1S/C19H19NO3/c1-2-18(19(21)20-13-17-8-5-11-22-17)23-16-10-9-14-6-3-4-7-15(14)12-16/h3-12,18H,2,13H2,1H3,(H,20,21)/t18-/m1/s1. The van der Waals surface area contributed by atoms with Gasteiger partial charge in [0.2, 0.25) is 0 Å². The van der Waals surface area contributed by atoms with E-state index >= 15 is 0 Å². The summed E-state index contributed by atoms with van der Waals surface area (Å²) >= 11 is 0. The molecule has 0 saturated heterocycles. The highest BCUT2D eigenvalue weighted by Gasteiger charge is 2.18. The Balaban J connectivity index is 1.66. The summed E-state index contributed by atoms with van der Waals surface area (Å²) in [6.45, 7) is 2.29. The van der Waals surface area contributed by atoms with Gasteiger partial charge in [-0.25, -0.2) is 0 Å². The maximum Gasteiger partial charge on any atom is 0.261 e. The summed E-state index contributed by atoms with van der Waals surface area (Å²) < 4.78 is 11.1. The lowest BCUT2D eigenvalue weighted by Crippen LogP contribution is -2.37. The van der Waals surface area contributed by atoms with Gasteiger partial charge in [0.05, 0.1) is 12.8 Å². The van der Waals surface area contributed by atoms with Crippen LogP contribution in [0.25, 0.3) is 10.8 Å². The molecule has 0 aliphatic carbocycles. The fourth-order valence-corrected chi connectivity index (χ4v) is 2.43. The first kappa shape index (κ1) is 15.2. The molecule has 23 heavy (non-hydrogen) atoms. The van der Waals surface area contributed by atoms with Gasteiger partial charge in [-0.15, -0.1) is 0 Å². The Kier molecular flexibility index (Phi) is 4.62. The Morgan fingerprint density at radius 3 is 2.70 bits per heavy atom. The predicted molar refractivity (Wildman–Crippen MR) is 89.2 cm³/mol. The highest BCUT2D eigenvalue weighted by Crippen LogP contribution is 2.22. The number of ether oxygens (including phenoxy) is 1. The van der Waals surface area contributed by atoms with Crippen molar-refractivity contribution in [3.05, 3.63) is 66.6 Å². The van der Waals surface area contributed by atoms with Crippen LogP contribution >= 0.6 is 0 Å². The molecule has 1 heterocycles. The Labute approximate surface area is 135 Å². The smallest absolute Gasteiger partial charge is 0.261 e. The van der Waals surface area contributed by atoms with E-state index < -0.39 is 6.10 Å². The average molecular weight is 309 g/mol. The van der Waals surface area contributed by atoms with Crippen molar-refractivity contribution < 1.29 is 13.9 Å². The van der Waals surface area contributed by atoms with Crippen molar-refractivity contribution in [2.45, 2.75) is 26.0 Å². The van der Waals surface area contributed by atoms with Gasteiger partial charge in [0.1, 0.15) is 11.5 Å². The minimum Gasteiger partial charge on any atom is -0.481 e. The predicted octanol–water partition coefficient (Wildman–Crippen LogP) is 3.91. The highest BCUT2D eigenvalue weighted by atomic mass is 16.5. The summed E-state index contributed by atoms with van der Waals surface area (Å²) in [7, 11) is 0. The normalized spacial score (nSPS) is 12.0. The van der Waals surface area contributed by atoms with E-state index in [1.54, 1.807) is 12.3 Å². The van der Waals surface area contributed by atoms with Gasteiger partial charge in [-0.05, 0) is 41.5 Å². The van der Waals surface area contributed by atoms with Crippen LogP contribution in [0.3, 0.4) is 0 Å². The molecular formula is C19H19NO3. The van der Waals surface area contributed by atoms with Gasteiger partial charge in [0.15, 0.2) is 6.10 Å². The zero-order valence-corrected chi connectivity index (χ0v) is 13.0. The average Bonchev–Trinajstić information content (AvgIpc) is 3.11. The van der Waals surface area contributed by atoms with Crippen LogP contribution in [0.15, 0.2) is 65.3 Å². The number of carbonyl (C=O) groups excluding carboxylic acids is 1. The van der Waals surface area contributed by atoms with E-state index in [2.05, 4.69) is 5.32 Å². The summed E-state index contributed by atoms with van der Waals surface area (Å²) in [4.78, 5) is 12.3. The number of hydrogen-bond acceptors (Lipinski definition) is 3. The first-order valence-corrected chi connectivity index (χ1v) is 7.72. The molecule has 0 fully saturated rings. The van der Waals surface area contributed by atoms with Crippen molar-refractivity contribution >= 4 is 16.7 Å². The third-order valence-corrected chi connectivity index (χ3v) is 3.68. The second kappa shape index (κ2) is 7.01. The van der Waals surface area contributed by atoms with E-state index in [0.29, 0.717) is 18.7 Å². The van der Waals surface area contributed by atoms with E-state index in [1.165, 1.54) is 0 Å². The number of furan rings is 1. The van der Waals surface area contributed by atoms with E-state index in [1.807, 2.05) is 55.5 Å². The molecule has 4 heteroatoms. The Morgan fingerprint density at radius 1 is 1.13 bits per heavy atom. The topological polar surface area (TPSA) is 51.5 Å². The van der Waals surface area contributed by atoms with Crippen molar-refractivity contribution in [2.24, 2.45) is 0 Å². The van der Waals surface area contributed by atoms with Crippen LogP contribution in [0.4, 0.5) is 0 Å². The molecule has 0 spiro atoms. The molecule has 3 rings (SSSR count). The van der Waals surface area contributed by atoms with Crippen LogP contribution in [-0.4, -0.2) is 12.0 Å². The molecule has 3 aromatic rings. The van der Waals surface area contributed by atoms with E-state index in [4.69, 9.17) is 9.15 Å². The SMILES string of the molecule is CC[C@@H](Oc1ccc2ccccc2c1)C(=O)NCc1ccco1. The van der Waals surface area contributed by atoms with Crippen LogP contribution in [0.5, 0.6) is 5.75 Å². The molecule has 2 aromatic carbocycles. The zero-order valence-electron chi connectivity index (χ0n) is 13.0. The molecule has 1 aromatic heterocycles. The molecule has 0 radical (unpaired) electrons.